The van der Waals surface area contributed by atoms with Gasteiger partial charge in [0.05, 0.1) is 24.0 Å². The summed E-state index contributed by atoms with van der Waals surface area (Å²) < 4.78 is 2.31. The first kappa shape index (κ1) is 21.5. The van der Waals surface area contributed by atoms with Crippen molar-refractivity contribution in [1.29, 1.82) is 0 Å². The van der Waals surface area contributed by atoms with Gasteiger partial charge in [0, 0.05) is 13.1 Å². The number of rotatable bonds is 7. The van der Waals surface area contributed by atoms with Crippen molar-refractivity contribution in [3.05, 3.63) is 35.8 Å². The molecule has 0 atom stereocenters. The molecule has 0 saturated carbocycles. The van der Waals surface area contributed by atoms with Gasteiger partial charge in [-0.25, -0.2) is 19.3 Å². The molecule has 156 valence electrons. The molecule has 3 heterocycles. The second kappa shape index (κ2) is 9.51. The molecule has 2 aromatic heterocycles. The van der Waals surface area contributed by atoms with Crippen LogP contribution in [0.25, 0.3) is 0 Å². The number of aromatic nitrogens is 3. The molecule has 0 bridgehead atoms. The SMILES string of the molecule is Cc1nc(NC(C)(C)CO)cnc1C(=O)Nc1cccc(SN2CCCCC2)n1. The molecule has 3 rings (SSSR count). The van der Waals surface area contributed by atoms with E-state index in [0.717, 1.165) is 18.1 Å². The maximum atomic E-state index is 12.7. The maximum Gasteiger partial charge on any atom is 0.277 e. The van der Waals surface area contributed by atoms with Crippen molar-refractivity contribution in [2.24, 2.45) is 0 Å². The van der Waals surface area contributed by atoms with E-state index in [1.165, 1.54) is 25.5 Å². The fraction of sp³-hybridized carbons (Fsp3) is 0.500. The van der Waals surface area contributed by atoms with Crippen LogP contribution < -0.4 is 10.6 Å². The highest BCUT2D eigenvalue weighted by Crippen LogP contribution is 2.25. The number of hydrogen-bond acceptors (Lipinski definition) is 8. The standard InChI is InChI=1S/C20H28N6O2S/c1-14-18(21-12-16(22-14)25-20(2,3)13-27)19(28)24-15-8-7-9-17(23-15)29-26-10-5-4-6-11-26/h7-9,12,27H,4-6,10-11,13H2,1-3H3,(H,22,25)(H,23,24,28). The van der Waals surface area contributed by atoms with Crippen LogP contribution in [0, 0.1) is 6.92 Å². The number of carbonyl (C=O) groups excluding carboxylic acids is 1. The van der Waals surface area contributed by atoms with Crippen LogP contribution in [0.1, 0.15) is 49.3 Å². The van der Waals surface area contributed by atoms with Gasteiger partial charge >= 0.3 is 0 Å². The molecule has 0 aromatic carbocycles. The molecule has 1 amide bonds. The highest BCUT2D eigenvalue weighted by molar-refractivity contribution is 7.97. The zero-order chi connectivity index (χ0) is 20.9. The predicted molar refractivity (Wildman–Crippen MR) is 115 cm³/mol. The van der Waals surface area contributed by atoms with Gasteiger partial charge in [-0.1, -0.05) is 12.5 Å². The Morgan fingerprint density at radius 3 is 2.66 bits per heavy atom. The van der Waals surface area contributed by atoms with Crippen LogP contribution in [0.2, 0.25) is 0 Å². The minimum absolute atomic E-state index is 0.0482. The number of carbonyl (C=O) groups is 1. The van der Waals surface area contributed by atoms with Gasteiger partial charge in [-0.15, -0.1) is 0 Å². The molecule has 3 N–H and O–H groups in total. The lowest BCUT2D eigenvalue weighted by Gasteiger charge is -2.24. The van der Waals surface area contributed by atoms with E-state index in [9.17, 15) is 9.90 Å². The molecule has 1 fully saturated rings. The second-order valence-electron chi connectivity index (χ2n) is 7.75. The first-order chi connectivity index (χ1) is 13.9. The van der Waals surface area contributed by atoms with E-state index in [0.29, 0.717) is 17.3 Å². The van der Waals surface area contributed by atoms with Crippen LogP contribution in [0.3, 0.4) is 0 Å². The molecule has 1 saturated heterocycles. The summed E-state index contributed by atoms with van der Waals surface area (Å²) in [5.41, 5.74) is 0.217. The van der Waals surface area contributed by atoms with E-state index in [1.807, 2.05) is 26.0 Å². The first-order valence-corrected chi connectivity index (χ1v) is 10.6. The smallest absolute Gasteiger partial charge is 0.277 e. The van der Waals surface area contributed by atoms with E-state index in [2.05, 4.69) is 29.9 Å². The van der Waals surface area contributed by atoms with Crippen molar-refractivity contribution >= 4 is 29.5 Å². The van der Waals surface area contributed by atoms with Gasteiger partial charge in [-0.3, -0.25) is 4.79 Å². The van der Waals surface area contributed by atoms with Crippen molar-refractivity contribution < 1.29 is 9.90 Å². The summed E-state index contributed by atoms with van der Waals surface area (Å²) in [5.74, 6) is 0.647. The molecule has 0 aliphatic carbocycles. The molecule has 0 spiro atoms. The van der Waals surface area contributed by atoms with Crippen molar-refractivity contribution in [2.75, 3.05) is 30.3 Å². The largest absolute Gasteiger partial charge is 0.394 e. The lowest BCUT2D eigenvalue weighted by molar-refractivity contribution is 0.102. The zero-order valence-corrected chi connectivity index (χ0v) is 17.9. The molecule has 0 unspecified atom stereocenters. The van der Waals surface area contributed by atoms with Gasteiger partial charge in [0.15, 0.2) is 0 Å². The zero-order valence-electron chi connectivity index (χ0n) is 17.1. The Kier molecular flexibility index (Phi) is 7.05. The highest BCUT2D eigenvalue weighted by Gasteiger charge is 2.19. The number of piperidine rings is 1. The molecule has 2 aromatic rings. The molecular formula is C20H28N6O2S. The third kappa shape index (κ3) is 6.12. The fourth-order valence-electron chi connectivity index (χ4n) is 2.95. The third-order valence-electron chi connectivity index (χ3n) is 4.53. The number of aryl methyl sites for hydroxylation is 1. The summed E-state index contributed by atoms with van der Waals surface area (Å²) in [6.07, 6.45) is 5.20. The van der Waals surface area contributed by atoms with E-state index in [4.69, 9.17) is 0 Å². The van der Waals surface area contributed by atoms with Crippen LogP contribution in [-0.4, -0.2) is 55.5 Å². The van der Waals surface area contributed by atoms with E-state index < -0.39 is 5.54 Å². The maximum absolute atomic E-state index is 12.7. The molecule has 9 heteroatoms. The Hall–Kier alpha value is -2.23. The summed E-state index contributed by atoms with van der Waals surface area (Å²) in [6.45, 7) is 7.51. The predicted octanol–water partition coefficient (Wildman–Crippen LogP) is 3.11. The molecule has 1 aliphatic heterocycles. The number of aliphatic hydroxyl groups is 1. The highest BCUT2D eigenvalue weighted by atomic mass is 32.2. The Bertz CT molecular complexity index is 855. The lowest BCUT2D eigenvalue weighted by atomic mass is 10.1. The summed E-state index contributed by atoms with van der Waals surface area (Å²) in [4.78, 5) is 25.8. The Balaban J connectivity index is 1.66. The monoisotopic (exact) mass is 416 g/mol. The van der Waals surface area contributed by atoms with Crippen molar-refractivity contribution in [3.63, 3.8) is 0 Å². The molecule has 1 aliphatic rings. The summed E-state index contributed by atoms with van der Waals surface area (Å²) >= 11 is 1.63. The molecule has 0 radical (unpaired) electrons. The van der Waals surface area contributed by atoms with Crippen molar-refractivity contribution in [2.45, 2.75) is 50.6 Å². The number of nitrogens with one attached hydrogen (secondary N) is 2. The topological polar surface area (TPSA) is 103 Å². The molecular weight excluding hydrogens is 388 g/mol. The normalized spacial score (nSPS) is 15.2. The van der Waals surface area contributed by atoms with Gasteiger partial charge in [0.1, 0.15) is 22.4 Å². The van der Waals surface area contributed by atoms with Crippen LogP contribution in [0.15, 0.2) is 29.4 Å². The van der Waals surface area contributed by atoms with E-state index in [1.54, 1.807) is 24.9 Å². The second-order valence-corrected chi connectivity index (χ2v) is 8.87. The van der Waals surface area contributed by atoms with Crippen LogP contribution in [-0.2, 0) is 0 Å². The lowest BCUT2D eigenvalue weighted by Crippen LogP contribution is -2.35. The van der Waals surface area contributed by atoms with Crippen molar-refractivity contribution in [3.8, 4) is 0 Å². The number of anilines is 2. The Labute approximate surface area is 175 Å². The Morgan fingerprint density at radius 2 is 1.97 bits per heavy atom. The number of nitrogens with zero attached hydrogens (tertiary/aromatic N) is 4. The average Bonchev–Trinajstić information content (AvgIpc) is 2.69. The number of hydrogen-bond donors (Lipinski definition) is 3. The summed E-state index contributed by atoms with van der Waals surface area (Å²) in [6, 6.07) is 5.60. The molecule has 8 nitrogen and oxygen atoms in total. The first-order valence-electron chi connectivity index (χ1n) is 9.80. The number of aliphatic hydroxyl groups excluding tert-OH is 1. The van der Waals surface area contributed by atoms with Crippen LogP contribution in [0.4, 0.5) is 11.6 Å². The Morgan fingerprint density at radius 1 is 1.21 bits per heavy atom. The van der Waals surface area contributed by atoms with Gasteiger partial charge in [0.2, 0.25) is 0 Å². The van der Waals surface area contributed by atoms with Gasteiger partial charge in [0.25, 0.3) is 5.91 Å². The van der Waals surface area contributed by atoms with Gasteiger partial charge in [-0.2, -0.15) is 0 Å². The van der Waals surface area contributed by atoms with E-state index >= 15 is 0 Å². The van der Waals surface area contributed by atoms with Crippen molar-refractivity contribution in [1.82, 2.24) is 19.3 Å². The van der Waals surface area contributed by atoms with Gasteiger partial charge in [-0.05, 0) is 57.7 Å². The minimum atomic E-state index is -0.527. The van der Waals surface area contributed by atoms with Gasteiger partial charge < -0.3 is 15.7 Å². The van der Waals surface area contributed by atoms with E-state index in [-0.39, 0.29) is 18.2 Å². The minimum Gasteiger partial charge on any atom is -0.394 e. The average molecular weight is 417 g/mol. The molecule has 29 heavy (non-hydrogen) atoms. The quantitative estimate of drug-likeness (QED) is 0.592. The third-order valence-corrected chi connectivity index (χ3v) is 5.56. The summed E-state index contributed by atoms with van der Waals surface area (Å²) in [5, 5.41) is 16.1. The summed E-state index contributed by atoms with van der Waals surface area (Å²) in [7, 11) is 0. The fourth-order valence-corrected chi connectivity index (χ4v) is 3.93. The number of pyridine rings is 1. The van der Waals surface area contributed by atoms with Crippen LogP contribution in [0.5, 0.6) is 0 Å². The number of amides is 1. The van der Waals surface area contributed by atoms with Crippen LogP contribution >= 0.6 is 11.9 Å².